The van der Waals surface area contributed by atoms with Crippen molar-refractivity contribution < 1.29 is 19.4 Å². The fourth-order valence-corrected chi connectivity index (χ4v) is 2.27. The van der Waals surface area contributed by atoms with Gasteiger partial charge in [0.2, 0.25) is 0 Å². The summed E-state index contributed by atoms with van der Waals surface area (Å²) < 4.78 is 4.85. The molecule has 14 heavy (non-hydrogen) atoms. The molecule has 0 amide bonds. The fourth-order valence-electron chi connectivity index (χ4n) is 2.27. The monoisotopic (exact) mass is 196 g/mol. The zero-order valence-electron chi connectivity index (χ0n) is 7.73. The number of aliphatic carboxylic acids is 1. The highest BCUT2D eigenvalue weighted by atomic mass is 16.5. The van der Waals surface area contributed by atoms with Crippen molar-refractivity contribution in [3.63, 3.8) is 0 Å². The molecule has 1 N–H and O–H groups in total. The van der Waals surface area contributed by atoms with Crippen LogP contribution in [0.25, 0.3) is 0 Å². The molecule has 2 rings (SSSR count). The van der Waals surface area contributed by atoms with Crippen molar-refractivity contribution in [2.45, 2.75) is 19.3 Å². The van der Waals surface area contributed by atoms with Gasteiger partial charge in [-0.15, -0.1) is 0 Å². The van der Waals surface area contributed by atoms with Crippen LogP contribution in [0, 0.1) is 11.8 Å². The molecule has 0 aromatic rings. The third kappa shape index (κ3) is 1.41. The molecule has 0 saturated carbocycles. The summed E-state index contributed by atoms with van der Waals surface area (Å²) in [6.45, 7) is 0.437. The second-order valence-electron chi connectivity index (χ2n) is 3.71. The largest absolute Gasteiger partial charge is 0.478 e. The number of carbonyl (C=O) groups excluding carboxylic acids is 1. The molecule has 0 radical (unpaired) electrons. The summed E-state index contributed by atoms with van der Waals surface area (Å²) in [4.78, 5) is 22.1. The lowest BCUT2D eigenvalue weighted by Gasteiger charge is -2.15. The molecular weight excluding hydrogens is 184 g/mol. The van der Waals surface area contributed by atoms with Crippen LogP contribution in [0.3, 0.4) is 0 Å². The molecule has 0 bridgehead atoms. The van der Waals surface area contributed by atoms with Gasteiger partial charge in [0.1, 0.15) is 0 Å². The third-order valence-electron chi connectivity index (χ3n) is 2.95. The molecule has 0 aromatic heterocycles. The zero-order valence-corrected chi connectivity index (χ0v) is 7.73. The van der Waals surface area contributed by atoms with Crippen molar-refractivity contribution in [2.24, 2.45) is 11.8 Å². The third-order valence-corrected chi connectivity index (χ3v) is 2.95. The molecule has 0 aromatic carbocycles. The predicted molar refractivity (Wildman–Crippen MR) is 47.5 cm³/mol. The topological polar surface area (TPSA) is 63.6 Å². The van der Waals surface area contributed by atoms with Crippen LogP contribution < -0.4 is 0 Å². The van der Waals surface area contributed by atoms with Gasteiger partial charge < -0.3 is 9.84 Å². The Morgan fingerprint density at radius 3 is 2.79 bits per heavy atom. The summed E-state index contributed by atoms with van der Waals surface area (Å²) in [5.74, 6) is -1.47. The van der Waals surface area contributed by atoms with Gasteiger partial charge in [0, 0.05) is 11.5 Å². The lowest BCUT2D eigenvalue weighted by molar-refractivity contribution is -0.142. The van der Waals surface area contributed by atoms with E-state index in [1.54, 1.807) is 6.08 Å². The van der Waals surface area contributed by atoms with E-state index in [1.807, 2.05) is 0 Å². The molecule has 4 heteroatoms. The minimum absolute atomic E-state index is 0.123. The highest BCUT2D eigenvalue weighted by molar-refractivity contribution is 5.89. The van der Waals surface area contributed by atoms with Gasteiger partial charge in [-0.3, -0.25) is 4.79 Å². The second-order valence-corrected chi connectivity index (χ2v) is 3.71. The smallest absolute Gasteiger partial charge is 0.331 e. The van der Waals surface area contributed by atoms with Crippen LogP contribution in [0.15, 0.2) is 11.6 Å². The number of rotatable bonds is 2. The minimum Gasteiger partial charge on any atom is -0.478 e. The molecule has 1 aliphatic heterocycles. The first-order valence-corrected chi connectivity index (χ1v) is 4.80. The van der Waals surface area contributed by atoms with Crippen molar-refractivity contribution in [3.05, 3.63) is 11.6 Å². The van der Waals surface area contributed by atoms with Crippen molar-refractivity contribution in [2.75, 3.05) is 6.61 Å². The molecule has 2 aliphatic rings. The van der Waals surface area contributed by atoms with E-state index in [2.05, 4.69) is 0 Å². The first-order chi connectivity index (χ1) is 6.70. The minimum atomic E-state index is -0.896. The van der Waals surface area contributed by atoms with Crippen molar-refractivity contribution >= 4 is 11.9 Å². The second kappa shape index (κ2) is 3.44. The first kappa shape index (κ1) is 9.24. The van der Waals surface area contributed by atoms with Crippen molar-refractivity contribution in [1.29, 1.82) is 0 Å². The maximum atomic E-state index is 11.3. The van der Waals surface area contributed by atoms with Gasteiger partial charge in [-0.25, -0.2) is 4.79 Å². The molecule has 4 nitrogen and oxygen atoms in total. The quantitative estimate of drug-likeness (QED) is 0.668. The van der Waals surface area contributed by atoms with E-state index in [1.165, 1.54) is 0 Å². The Morgan fingerprint density at radius 2 is 2.21 bits per heavy atom. The highest BCUT2D eigenvalue weighted by Crippen LogP contribution is 2.36. The van der Waals surface area contributed by atoms with Gasteiger partial charge in [0.25, 0.3) is 0 Å². The Hall–Kier alpha value is -1.32. The average Bonchev–Trinajstić information content (AvgIpc) is 2.70. The van der Waals surface area contributed by atoms with Gasteiger partial charge >= 0.3 is 11.9 Å². The van der Waals surface area contributed by atoms with Crippen molar-refractivity contribution in [1.82, 2.24) is 0 Å². The number of esters is 1. The van der Waals surface area contributed by atoms with Crippen LogP contribution in [0.1, 0.15) is 19.3 Å². The van der Waals surface area contributed by atoms with Gasteiger partial charge in [-0.2, -0.15) is 0 Å². The highest BCUT2D eigenvalue weighted by Gasteiger charge is 2.39. The van der Waals surface area contributed by atoms with Crippen LogP contribution in [-0.2, 0) is 14.3 Å². The maximum Gasteiger partial charge on any atom is 0.331 e. The lowest BCUT2D eigenvalue weighted by Crippen LogP contribution is -2.22. The van der Waals surface area contributed by atoms with Gasteiger partial charge in [-0.1, -0.05) is 6.08 Å². The van der Waals surface area contributed by atoms with Crippen LogP contribution in [0.2, 0.25) is 0 Å². The maximum absolute atomic E-state index is 11.3. The van der Waals surface area contributed by atoms with E-state index >= 15 is 0 Å². The van der Waals surface area contributed by atoms with Gasteiger partial charge in [0.05, 0.1) is 12.5 Å². The molecule has 76 valence electrons. The Morgan fingerprint density at radius 1 is 1.43 bits per heavy atom. The molecular formula is C10H12O4. The molecule has 1 aliphatic carbocycles. The first-order valence-electron chi connectivity index (χ1n) is 4.80. The molecule has 2 unspecified atom stereocenters. The van der Waals surface area contributed by atoms with E-state index in [9.17, 15) is 9.59 Å². The molecule has 2 atom stereocenters. The van der Waals surface area contributed by atoms with Crippen molar-refractivity contribution in [3.8, 4) is 0 Å². The van der Waals surface area contributed by atoms with Crippen LogP contribution in [-0.4, -0.2) is 23.7 Å². The normalized spacial score (nSPS) is 31.4. The summed E-state index contributed by atoms with van der Waals surface area (Å²) in [7, 11) is 0. The molecule has 0 spiro atoms. The number of hydrogen-bond donors (Lipinski definition) is 1. The van der Waals surface area contributed by atoms with E-state index in [0.29, 0.717) is 18.6 Å². The van der Waals surface area contributed by atoms with E-state index in [4.69, 9.17) is 9.84 Å². The SMILES string of the molecule is O=C(O)C1=CCCC1C1CCOC1=O. The Balaban J connectivity index is 2.15. The number of allylic oxidation sites excluding steroid dienone is 1. The van der Waals surface area contributed by atoms with E-state index in [0.717, 1.165) is 12.8 Å². The standard InChI is InChI=1S/C10H12O4/c11-9(12)7-3-1-2-6(7)8-4-5-14-10(8)13/h3,6,8H,1-2,4-5H2,(H,11,12). The summed E-state index contributed by atoms with van der Waals surface area (Å²) in [5, 5.41) is 8.91. The number of cyclic esters (lactones) is 1. The number of carboxylic acid groups (broad SMARTS) is 1. The summed E-state index contributed by atoms with van der Waals surface area (Å²) in [6, 6.07) is 0. The number of hydrogen-bond acceptors (Lipinski definition) is 3. The number of ether oxygens (including phenoxy) is 1. The van der Waals surface area contributed by atoms with Gasteiger partial charge in [0.15, 0.2) is 0 Å². The molecule has 1 heterocycles. The van der Waals surface area contributed by atoms with Crippen LogP contribution in [0.5, 0.6) is 0 Å². The van der Waals surface area contributed by atoms with Gasteiger partial charge in [-0.05, 0) is 19.3 Å². The zero-order chi connectivity index (χ0) is 10.1. The predicted octanol–water partition coefficient (Wildman–Crippen LogP) is 0.971. The van der Waals surface area contributed by atoms with E-state index in [-0.39, 0.29) is 17.8 Å². The number of carbonyl (C=O) groups is 2. The Bertz CT molecular complexity index is 305. The summed E-state index contributed by atoms with van der Waals surface area (Å²) >= 11 is 0. The molecule has 1 fully saturated rings. The Labute approximate surface area is 81.6 Å². The Kier molecular flexibility index (Phi) is 2.27. The summed E-state index contributed by atoms with van der Waals surface area (Å²) in [6.07, 6.45) is 3.91. The van der Waals surface area contributed by atoms with Crippen LogP contribution in [0.4, 0.5) is 0 Å². The van der Waals surface area contributed by atoms with E-state index < -0.39 is 5.97 Å². The number of carboxylic acids is 1. The average molecular weight is 196 g/mol. The fraction of sp³-hybridized carbons (Fsp3) is 0.600. The van der Waals surface area contributed by atoms with Crippen LogP contribution >= 0.6 is 0 Å². The molecule has 1 saturated heterocycles. The summed E-state index contributed by atoms with van der Waals surface area (Å²) in [5.41, 5.74) is 0.397. The lowest BCUT2D eigenvalue weighted by atomic mass is 9.86.